The van der Waals surface area contributed by atoms with Crippen LogP contribution in [0.3, 0.4) is 0 Å². The number of hydrogen-bond donors (Lipinski definition) is 1. The molecule has 1 amide bonds. The van der Waals surface area contributed by atoms with Gasteiger partial charge in [0.2, 0.25) is 5.91 Å². The second kappa shape index (κ2) is 8.01. The summed E-state index contributed by atoms with van der Waals surface area (Å²) in [4.78, 5) is 14.7. The van der Waals surface area contributed by atoms with Crippen LogP contribution in [-0.4, -0.2) is 37.6 Å². The Hall–Kier alpha value is -2.53. The van der Waals surface area contributed by atoms with Crippen molar-refractivity contribution in [1.29, 1.82) is 0 Å². The molecule has 0 bridgehead atoms. The predicted octanol–water partition coefficient (Wildman–Crippen LogP) is 3.80. The standard InChI is InChI=1S/C22H26N2O3/c1-24(19-9-4-7-16-6-2-3-8-18(16)19)15-22(25)23-17-10-11-20-21(14-17)27-13-5-12-26-20/h2-3,6,8,10-11,14,19H,4-5,7,9,12-13,15H2,1H3,(H,23,25)/t19-/m1/s1. The highest BCUT2D eigenvalue weighted by molar-refractivity contribution is 5.92. The van der Waals surface area contributed by atoms with E-state index in [9.17, 15) is 4.79 Å². The molecule has 0 saturated heterocycles. The van der Waals surface area contributed by atoms with E-state index in [0.717, 1.165) is 37.1 Å². The summed E-state index contributed by atoms with van der Waals surface area (Å²) in [5, 5.41) is 2.99. The molecule has 4 rings (SSSR count). The number of hydrogen-bond acceptors (Lipinski definition) is 4. The number of ether oxygens (including phenoxy) is 2. The number of rotatable bonds is 4. The maximum Gasteiger partial charge on any atom is 0.238 e. The van der Waals surface area contributed by atoms with E-state index in [1.54, 1.807) is 0 Å². The first kappa shape index (κ1) is 17.9. The number of nitrogens with one attached hydrogen (secondary N) is 1. The van der Waals surface area contributed by atoms with Gasteiger partial charge in [0.1, 0.15) is 0 Å². The minimum atomic E-state index is -0.0185. The van der Waals surface area contributed by atoms with E-state index in [0.29, 0.717) is 31.5 Å². The van der Waals surface area contributed by atoms with Gasteiger partial charge >= 0.3 is 0 Å². The molecule has 2 aromatic rings. The molecule has 142 valence electrons. The normalized spacial score (nSPS) is 18.5. The van der Waals surface area contributed by atoms with Crippen LogP contribution < -0.4 is 14.8 Å². The molecule has 5 nitrogen and oxygen atoms in total. The number of amides is 1. The van der Waals surface area contributed by atoms with Crippen LogP contribution in [0.4, 0.5) is 5.69 Å². The Morgan fingerprint density at radius 3 is 2.81 bits per heavy atom. The molecule has 0 spiro atoms. The summed E-state index contributed by atoms with van der Waals surface area (Å²) < 4.78 is 11.3. The van der Waals surface area contributed by atoms with Crippen molar-refractivity contribution in [1.82, 2.24) is 4.90 Å². The highest BCUT2D eigenvalue weighted by Gasteiger charge is 2.24. The average molecular weight is 366 g/mol. The number of carbonyl (C=O) groups excluding carboxylic acids is 1. The Morgan fingerprint density at radius 2 is 1.93 bits per heavy atom. The van der Waals surface area contributed by atoms with Gasteiger partial charge in [-0.15, -0.1) is 0 Å². The summed E-state index contributed by atoms with van der Waals surface area (Å²) in [6, 6.07) is 14.4. The molecule has 1 N–H and O–H groups in total. The number of carbonyl (C=O) groups is 1. The number of fused-ring (bicyclic) bond motifs is 2. The topological polar surface area (TPSA) is 50.8 Å². The van der Waals surface area contributed by atoms with Gasteiger partial charge in [-0.3, -0.25) is 9.69 Å². The van der Waals surface area contributed by atoms with Crippen LogP contribution in [0.2, 0.25) is 0 Å². The van der Waals surface area contributed by atoms with Crippen LogP contribution in [0.1, 0.15) is 36.4 Å². The van der Waals surface area contributed by atoms with Crippen LogP contribution in [0.5, 0.6) is 11.5 Å². The predicted molar refractivity (Wildman–Crippen MR) is 105 cm³/mol. The van der Waals surface area contributed by atoms with Crippen molar-refractivity contribution in [3.05, 3.63) is 53.6 Å². The van der Waals surface area contributed by atoms with E-state index < -0.39 is 0 Å². The average Bonchev–Trinajstić information content (AvgIpc) is 2.92. The maximum absolute atomic E-state index is 12.6. The Kier molecular flexibility index (Phi) is 5.30. The first-order valence-electron chi connectivity index (χ1n) is 9.68. The van der Waals surface area contributed by atoms with E-state index in [1.165, 1.54) is 11.1 Å². The van der Waals surface area contributed by atoms with Crippen LogP contribution >= 0.6 is 0 Å². The highest BCUT2D eigenvalue weighted by atomic mass is 16.5. The van der Waals surface area contributed by atoms with E-state index >= 15 is 0 Å². The van der Waals surface area contributed by atoms with Gasteiger partial charge in [0.25, 0.3) is 0 Å². The lowest BCUT2D eigenvalue weighted by molar-refractivity contribution is -0.117. The smallest absolute Gasteiger partial charge is 0.238 e. The molecule has 2 aliphatic rings. The molecule has 0 unspecified atom stereocenters. The quantitative estimate of drug-likeness (QED) is 0.894. The van der Waals surface area contributed by atoms with Crippen molar-refractivity contribution in [3.63, 3.8) is 0 Å². The zero-order valence-electron chi connectivity index (χ0n) is 15.7. The number of nitrogens with zero attached hydrogens (tertiary/aromatic N) is 1. The van der Waals surface area contributed by atoms with Crippen LogP contribution in [-0.2, 0) is 11.2 Å². The molecule has 1 heterocycles. The molecule has 5 heteroatoms. The fourth-order valence-electron chi connectivity index (χ4n) is 3.96. The Labute approximate surface area is 160 Å². The molecule has 0 saturated carbocycles. The summed E-state index contributed by atoms with van der Waals surface area (Å²) in [7, 11) is 2.03. The molecule has 1 aliphatic heterocycles. The van der Waals surface area contributed by atoms with Gasteiger partial charge in [-0.1, -0.05) is 24.3 Å². The number of aryl methyl sites for hydroxylation is 1. The van der Waals surface area contributed by atoms with Crippen LogP contribution in [0.25, 0.3) is 0 Å². The van der Waals surface area contributed by atoms with Crippen LogP contribution in [0, 0.1) is 0 Å². The molecule has 2 aromatic carbocycles. The van der Waals surface area contributed by atoms with Crippen molar-refractivity contribution >= 4 is 11.6 Å². The van der Waals surface area contributed by atoms with Gasteiger partial charge in [-0.05, 0) is 49.6 Å². The van der Waals surface area contributed by atoms with Crippen molar-refractivity contribution in [2.24, 2.45) is 0 Å². The lowest BCUT2D eigenvalue weighted by atomic mass is 9.87. The molecular weight excluding hydrogens is 340 g/mol. The number of likely N-dealkylation sites (N-methyl/N-ethyl adjacent to an activating group) is 1. The summed E-state index contributed by atoms with van der Waals surface area (Å²) in [5.41, 5.74) is 3.50. The minimum Gasteiger partial charge on any atom is -0.490 e. The third kappa shape index (κ3) is 4.08. The number of benzene rings is 2. The third-order valence-corrected chi connectivity index (χ3v) is 5.29. The van der Waals surface area contributed by atoms with E-state index in [2.05, 4.69) is 34.5 Å². The Morgan fingerprint density at radius 1 is 1.11 bits per heavy atom. The fourth-order valence-corrected chi connectivity index (χ4v) is 3.96. The summed E-state index contributed by atoms with van der Waals surface area (Å²) in [6.45, 7) is 1.65. The summed E-state index contributed by atoms with van der Waals surface area (Å²) in [5.74, 6) is 1.41. The molecule has 0 fully saturated rings. The second-order valence-electron chi connectivity index (χ2n) is 7.28. The van der Waals surface area contributed by atoms with Gasteiger partial charge in [0.05, 0.1) is 19.8 Å². The largest absolute Gasteiger partial charge is 0.490 e. The molecular formula is C22H26N2O3. The van der Waals surface area contributed by atoms with Crippen molar-refractivity contribution in [2.75, 3.05) is 32.1 Å². The molecule has 27 heavy (non-hydrogen) atoms. The van der Waals surface area contributed by atoms with Gasteiger partial charge in [-0.25, -0.2) is 0 Å². The number of anilines is 1. The first-order chi connectivity index (χ1) is 13.2. The zero-order valence-corrected chi connectivity index (χ0v) is 15.7. The van der Waals surface area contributed by atoms with Crippen molar-refractivity contribution in [2.45, 2.75) is 31.7 Å². The zero-order chi connectivity index (χ0) is 18.6. The van der Waals surface area contributed by atoms with E-state index in [-0.39, 0.29) is 5.91 Å². The van der Waals surface area contributed by atoms with Gasteiger partial charge < -0.3 is 14.8 Å². The monoisotopic (exact) mass is 366 g/mol. The SMILES string of the molecule is CN(CC(=O)Nc1ccc2c(c1)OCCCO2)[C@@H]1CCCc2ccccc21. The summed E-state index contributed by atoms with van der Waals surface area (Å²) in [6.07, 6.45) is 4.24. The molecule has 1 atom stereocenters. The van der Waals surface area contributed by atoms with Gasteiger partial charge in [0, 0.05) is 24.2 Å². The first-order valence-corrected chi connectivity index (χ1v) is 9.68. The highest BCUT2D eigenvalue weighted by Crippen LogP contribution is 2.34. The molecule has 1 aliphatic carbocycles. The third-order valence-electron chi connectivity index (χ3n) is 5.29. The lowest BCUT2D eigenvalue weighted by Gasteiger charge is -2.32. The van der Waals surface area contributed by atoms with Gasteiger partial charge in [0.15, 0.2) is 11.5 Å². The van der Waals surface area contributed by atoms with E-state index in [4.69, 9.17) is 9.47 Å². The summed E-state index contributed by atoms with van der Waals surface area (Å²) >= 11 is 0. The lowest BCUT2D eigenvalue weighted by Crippen LogP contribution is -2.34. The van der Waals surface area contributed by atoms with E-state index in [1.807, 2.05) is 25.2 Å². The maximum atomic E-state index is 12.6. The second-order valence-corrected chi connectivity index (χ2v) is 7.28. The Bertz CT molecular complexity index is 821. The Balaban J connectivity index is 1.40. The minimum absolute atomic E-state index is 0.0185. The van der Waals surface area contributed by atoms with Crippen molar-refractivity contribution in [3.8, 4) is 11.5 Å². The molecule has 0 radical (unpaired) electrons. The fraction of sp³-hybridized carbons (Fsp3) is 0.409. The van der Waals surface area contributed by atoms with Crippen LogP contribution in [0.15, 0.2) is 42.5 Å². The van der Waals surface area contributed by atoms with Gasteiger partial charge in [-0.2, -0.15) is 0 Å². The molecule has 0 aromatic heterocycles. The van der Waals surface area contributed by atoms with Crippen molar-refractivity contribution < 1.29 is 14.3 Å².